The Morgan fingerprint density at radius 2 is 2.15 bits per heavy atom. The van der Waals surface area contributed by atoms with Crippen LogP contribution in [0.2, 0.25) is 0 Å². The van der Waals surface area contributed by atoms with Gasteiger partial charge in [0.1, 0.15) is 0 Å². The summed E-state index contributed by atoms with van der Waals surface area (Å²) in [7, 11) is 0. The first-order chi connectivity index (χ1) is 6.07. The van der Waals surface area contributed by atoms with E-state index >= 15 is 0 Å². The van der Waals surface area contributed by atoms with E-state index in [0.717, 1.165) is 6.08 Å². The molecule has 0 fully saturated rings. The van der Waals surface area contributed by atoms with Crippen LogP contribution in [-0.2, 0) is 14.3 Å². The molecule has 0 saturated carbocycles. The lowest BCUT2D eigenvalue weighted by atomic mass is 10.3. The van der Waals surface area contributed by atoms with Gasteiger partial charge in [0.25, 0.3) is 0 Å². The van der Waals surface area contributed by atoms with Crippen LogP contribution in [-0.4, -0.2) is 18.5 Å². The van der Waals surface area contributed by atoms with Crippen LogP contribution < -0.4 is 5.32 Å². The van der Waals surface area contributed by atoms with Gasteiger partial charge in [-0.3, -0.25) is 4.79 Å². The van der Waals surface area contributed by atoms with Crippen molar-refractivity contribution in [2.45, 2.75) is 13.8 Å². The van der Waals surface area contributed by atoms with Gasteiger partial charge in [-0.25, -0.2) is 4.79 Å². The zero-order valence-corrected chi connectivity index (χ0v) is 7.79. The van der Waals surface area contributed by atoms with Gasteiger partial charge in [0.05, 0.1) is 6.61 Å². The molecular formula is C9H13NO3. The Balaban J connectivity index is 3.81. The van der Waals surface area contributed by atoms with Gasteiger partial charge >= 0.3 is 5.97 Å². The maximum absolute atomic E-state index is 10.9. The zero-order chi connectivity index (χ0) is 10.3. The quantitative estimate of drug-likeness (QED) is 0.517. The third-order valence-electron chi connectivity index (χ3n) is 1.11. The first-order valence-electron chi connectivity index (χ1n) is 3.87. The van der Waals surface area contributed by atoms with Crippen LogP contribution >= 0.6 is 0 Å². The normalized spacial score (nSPS) is 9.69. The number of carbonyl (C=O) groups excluding carboxylic acids is 2. The van der Waals surface area contributed by atoms with E-state index in [4.69, 9.17) is 0 Å². The van der Waals surface area contributed by atoms with Gasteiger partial charge in [-0.1, -0.05) is 6.58 Å². The Kier molecular flexibility index (Phi) is 5.27. The summed E-state index contributed by atoms with van der Waals surface area (Å²) in [5.74, 6) is -0.801. The van der Waals surface area contributed by atoms with E-state index in [1.54, 1.807) is 13.8 Å². The topological polar surface area (TPSA) is 55.4 Å². The highest BCUT2D eigenvalue weighted by Gasteiger charge is 1.97. The summed E-state index contributed by atoms with van der Waals surface area (Å²) in [6, 6.07) is 0. The molecule has 13 heavy (non-hydrogen) atoms. The Hall–Kier alpha value is -1.58. The molecule has 0 aromatic rings. The van der Waals surface area contributed by atoms with Gasteiger partial charge < -0.3 is 10.1 Å². The highest BCUT2D eigenvalue weighted by Crippen LogP contribution is 1.85. The van der Waals surface area contributed by atoms with Gasteiger partial charge in [-0.05, 0) is 13.8 Å². The second-order valence-electron chi connectivity index (χ2n) is 2.34. The number of esters is 1. The molecule has 0 aliphatic heterocycles. The van der Waals surface area contributed by atoms with Crippen molar-refractivity contribution in [1.82, 2.24) is 5.32 Å². The first-order valence-corrected chi connectivity index (χ1v) is 3.87. The van der Waals surface area contributed by atoms with Crippen molar-refractivity contribution in [3.63, 3.8) is 0 Å². The van der Waals surface area contributed by atoms with Crippen LogP contribution in [0.1, 0.15) is 13.8 Å². The summed E-state index contributed by atoms with van der Waals surface area (Å²) in [5.41, 5.74) is 0.383. The van der Waals surface area contributed by atoms with Gasteiger partial charge in [0, 0.05) is 17.8 Å². The molecule has 72 valence electrons. The summed E-state index contributed by atoms with van der Waals surface area (Å²) in [5, 5.41) is 2.35. The van der Waals surface area contributed by atoms with Gasteiger partial charge in [-0.15, -0.1) is 0 Å². The second-order valence-corrected chi connectivity index (χ2v) is 2.34. The molecule has 0 aromatic heterocycles. The standard InChI is InChI=1S/C9H13NO3/c1-4-13-8(11)5-6-10-9(12)7(2)3/h5-6H,2,4H2,1,3H3,(H,10,12)/b6-5-. The van der Waals surface area contributed by atoms with Crippen LogP contribution in [0, 0.1) is 0 Å². The van der Waals surface area contributed by atoms with E-state index < -0.39 is 5.97 Å². The lowest BCUT2D eigenvalue weighted by Crippen LogP contribution is -2.17. The third kappa shape index (κ3) is 5.66. The first kappa shape index (κ1) is 11.4. The Labute approximate surface area is 77.3 Å². The Bertz CT molecular complexity index is 243. The van der Waals surface area contributed by atoms with Gasteiger partial charge in [-0.2, -0.15) is 0 Å². The van der Waals surface area contributed by atoms with Crippen molar-refractivity contribution < 1.29 is 14.3 Å². The molecule has 0 saturated heterocycles. The summed E-state index contributed by atoms with van der Waals surface area (Å²) < 4.78 is 4.58. The Morgan fingerprint density at radius 1 is 1.54 bits per heavy atom. The number of nitrogens with one attached hydrogen (secondary N) is 1. The molecule has 1 N–H and O–H groups in total. The van der Waals surface area contributed by atoms with Crippen molar-refractivity contribution in [1.29, 1.82) is 0 Å². The van der Waals surface area contributed by atoms with E-state index in [0.29, 0.717) is 12.2 Å². The molecule has 0 rings (SSSR count). The molecule has 0 aromatic carbocycles. The number of hydrogen-bond donors (Lipinski definition) is 1. The summed E-state index contributed by atoms with van der Waals surface area (Å²) in [4.78, 5) is 21.6. The largest absolute Gasteiger partial charge is 0.463 e. The predicted octanol–water partition coefficient (Wildman–Crippen LogP) is 0.756. The lowest BCUT2D eigenvalue weighted by Gasteiger charge is -1.97. The highest BCUT2D eigenvalue weighted by molar-refractivity contribution is 5.93. The van der Waals surface area contributed by atoms with Crippen LogP contribution in [0.15, 0.2) is 24.4 Å². The van der Waals surface area contributed by atoms with Crippen LogP contribution in [0.25, 0.3) is 0 Å². The Morgan fingerprint density at radius 3 is 2.62 bits per heavy atom. The minimum Gasteiger partial charge on any atom is -0.463 e. The molecule has 4 nitrogen and oxygen atoms in total. The number of carbonyl (C=O) groups is 2. The van der Waals surface area contributed by atoms with Crippen LogP contribution in [0.4, 0.5) is 0 Å². The van der Waals surface area contributed by atoms with Gasteiger partial charge in [0.15, 0.2) is 0 Å². The number of hydrogen-bond acceptors (Lipinski definition) is 3. The molecule has 0 radical (unpaired) electrons. The summed E-state index contributed by atoms with van der Waals surface area (Å²) >= 11 is 0. The van der Waals surface area contributed by atoms with Crippen molar-refractivity contribution in [3.05, 3.63) is 24.4 Å². The van der Waals surface area contributed by atoms with E-state index in [1.165, 1.54) is 6.20 Å². The molecule has 0 atom stereocenters. The molecular weight excluding hydrogens is 170 g/mol. The summed E-state index contributed by atoms with van der Waals surface area (Å²) in [6.45, 7) is 7.03. The van der Waals surface area contributed by atoms with Crippen LogP contribution in [0.5, 0.6) is 0 Å². The molecule has 0 unspecified atom stereocenters. The fourth-order valence-corrected chi connectivity index (χ4v) is 0.499. The average molecular weight is 183 g/mol. The average Bonchev–Trinajstić information content (AvgIpc) is 2.04. The fourth-order valence-electron chi connectivity index (χ4n) is 0.499. The SMILES string of the molecule is C=C(C)C(=O)N/C=C\C(=O)OCC. The second kappa shape index (κ2) is 5.99. The smallest absolute Gasteiger partial charge is 0.332 e. The van der Waals surface area contributed by atoms with Crippen LogP contribution in [0.3, 0.4) is 0 Å². The van der Waals surface area contributed by atoms with Crippen molar-refractivity contribution in [3.8, 4) is 0 Å². The minimum atomic E-state index is -0.482. The maximum Gasteiger partial charge on any atom is 0.332 e. The van der Waals surface area contributed by atoms with Crippen molar-refractivity contribution in [2.24, 2.45) is 0 Å². The monoisotopic (exact) mass is 183 g/mol. The minimum absolute atomic E-state index is 0.317. The zero-order valence-electron chi connectivity index (χ0n) is 7.79. The third-order valence-corrected chi connectivity index (χ3v) is 1.11. The van der Waals surface area contributed by atoms with E-state index in [9.17, 15) is 9.59 Å². The highest BCUT2D eigenvalue weighted by atomic mass is 16.5. The lowest BCUT2D eigenvalue weighted by molar-refractivity contribution is -0.137. The molecule has 0 aliphatic carbocycles. The van der Waals surface area contributed by atoms with E-state index in [1.807, 2.05) is 0 Å². The molecule has 0 spiro atoms. The molecule has 4 heteroatoms. The maximum atomic E-state index is 10.9. The van der Waals surface area contributed by atoms with Gasteiger partial charge in [0.2, 0.25) is 5.91 Å². The van der Waals surface area contributed by atoms with E-state index in [-0.39, 0.29) is 5.91 Å². The predicted molar refractivity (Wildman–Crippen MR) is 48.7 cm³/mol. The van der Waals surface area contributed by atoms with E-state index in [2.05, 4.69) is 16.6 Å². The molecule has 1 amide bonds. The number of rotatable bonds is 4. The number of amides is 1. The van der Waals surface area contributed by atoms with Crippen molar-refractivity contribution in [2.75, 3.05) is 6.61 Å². The fraction of sp³-hybridized carbons (Fsp3) is 0.333. The molecule has 0 heterocycles. The summed E-state index contributed by atoms with van der Waals surface area (Å²) in [6.07, 6.45) is 2.37. The molecule has 0 bridgehead atoms. The number of ether oxygens (including phenoxy) is 1. The molecule has 0 aliphatic rings. The van der Waals surface area contributed by atoms with Crippen molar-refractivity contribution >= 4 is 11.9 Å².